The van der Waals surface area contributed by atoms with E-state index in [1.54, 1.807) is 6.07 Å². The van der Waals surface area contributed by atoms with Gasteiger partial charge in [-0.15, -0.1) is 0 Å². The van der Waals surface area contributed by atoms with E-state index in [4.69, 9.17) is 22.1 Å². The van der Waals surface area contributed by atoms with Crippen LogP contribution in [0.15, 0.2) is 18.2 Å². The maximum absolute atomic E-state index is 5.98. The van der Waals surface area contributed by atoms with Crippen LogP contribution in [0.25, 0.3) is 0 Å². The Hall–Kier alpha value is -0.770. The lowest BCUT2D eigenvalue weighted by Gasteiger charge is -2.20. The van der Waals surface area contributed by atoms with Crippen molar-refractivity contribution in [1.29, 1.82) is 0 Å². The predicted octanol–water partition coefficient (Wildman–Crippen LogP) is 2.53. The summed E-state index contributed by atoms with van der Waals surface area (Å²) in [5.74, 6) is 0. The molecule has 0 amide bonds. The summed E-state index contributed by atoms with van der Waals surface area (Å²) in [6.07, 6.45) is 2.74. The highest BCUT2D eigenvalue weighted by atomic mass is 35.5. The van der Waals surface area contributed by atoms with E-state index >= 15 is 0 Å². The molecule has 4 heteroatoms. The van der Waals surface area contributed by atoms with Crippen molar-refractivity contribution in [2.75, 3.05) is 25.9 Å². The molecule has 1 aliphatic rings. The Kier molecular flexibility index (Phi) is 4.26. The minimum Gasteiger partial charge on any atom is -0.399 e. The van der Waals surface area contributed by atoms with Crippen LogP contribution in [0, 0.1) is 0 Å². The summed E-state index contributed by atoms with van der Waals surface area (Å²) in [7, 11) is 2.10. The summed E-state index contributed by atoms with van der Waals surface area (Å²) in [6, 6.07) is 5.70. The van der Waals surface area contributed by atoms with Gasteiger partial charge in [0.15, 0.2) is 0 Å². The molecule has 3 nitrogen and oxygen atoms in total. The van der Waals surface area contributed by atoms with E-state index in [2.05, 4.69) is 11.9 Å². The van der Waals surface area contributed by atoms with Crippen molar-refractivity contribution in [3.05, 3.63) is 28.8 Å². The van der Waals surface area contributed by atoms with Gasteiger partial charge in [-0.3, -0.25) is 4.90 Å². The van der Waals surface area contributed by atoms with E-state index < -0.39 is 0 Å². The number of nitrogens with zero attached hydrogens (tertiary/aromatic N) is 1. The third kappa shape index (κ3) is 3.87. The molecular formula is C13H19ClN2O. The van der Waals surface area contributed by atoms with Gasteiger partial charge in [0.1, 0.15) is 0 Å². The van der Waals surface area contributed by atoms with Gasteiger partial charge < -0.3 is 10.5 Å². The molecule has 1 fully saturated rings. The highest BCUT2D eigenvalue weighted by molar-refractivity contribution is 6.30. The zero-order valence-electron chi connectivity index (χ0n) is 10.2. The van der Waals surface area contributed by atoms with E-state index in [1.807, 2.05) is 12.1 Å². The fourth-order valence-electron chi connectivity index (χ4n) is 2.28. The van der Waals surface area contributed by atoms with Gasteiger partial charge in [-0.2, -0.15) is 0 Å². The first-order valence-electron chi connectivity index (χ1n) is 5.98. The predicted molar refractivity (Wildman–Crippen MR) is 71.2 cm³/mol. The lowest BCUT2D eigenvalue weighted by atomic mass is 10.1. The van der Waals surface area contributed by atoms with Crippen LogP contribution in [-0.4, -0.2) is 31.2 Å². The number of benzene rings is 1. The SMILES string of the molecule is CN(Cc1cc(N)cc(Cl)c1)CC1CCCO1. The number of anilines is 1. The molecule has 0 spiro atoms. The minimum atomic E-state index is 0.386. The number of halogens is 1. The van der Waals surface area contributed by atoms with Crippen molar-refractivity contribution < 1.29 is 4.74 Å². The van der Waals surface area contributed by atoms with Crippen molar-refractivity contribution in [3.63, 3.8) is 0 Å². The third-order valence-corrected chi connectivity index (χ3v) is 3.19. The lowest BCUT2D eigenvalue weighted by molar-refractivity contribution is 0.0793. The van der Waals surface area contributed by atoms with Gasteiger partial charge in [-0.25, -0.2) is 0 Å². The molecule has 17 heavy (non-hydrogen) atoms. The molecule has 1 heterocycles. The van der Waals surface area contributed by atoms with Crippen LogP contribution in [0.2, 0.25) is 5.02 Å². The van der Waals surface area contributed by atoms with E-state index in [1.165, 1.54) is 12.8 Å². The molecule has 0 aliphatic carbocycles. The quantitative estimate of drug-likeness (QED) is 0.840. The Morgan fingerprint density at radius 3 is 2.94 bits per heavy atom. The topological polar surface area (TPSA) is 38.5 Å². The highest BCUT2D eigenvalue weighted by Crippen LogP contribution is 2.19. The van der Waals surface area contributed by atoms with E-state index in [0.29, 0.717) is 11.1 Å². The van der Waals surface area contributed by atoms with Gasteiger partial charge in [0.25, 0.3) is 0 Å². The van der Waals surface area contributed by atoms with Gasteiger partial charge >= 0.3 is 0 Å². The number of nitrogen functional groups attached to an aromatic ring is 1. The van der Waals surface area contributed by atoms with Gasteiger partial charge in [0.05, 0.1) is 6.10 Å². The molecule has 1 atom stereocenters. The number of likely N-dealkylation sites (N-methyl/N-ethyl adjacent to an activating group) is 1. The number of ether oxygens (including phenoxy) is 1. The van der Waals surface area contributed by atoms with Crippen LogP contribution in [0.5, 0.6) is 0 Å². The Morgan fingerprint density at radius 1 is 1.47 bits per heavy atom. The van der Waals surface area contributed by atoms with E-state index in [-0.39, 0.29) is 0 Å². The molecule has 1 saturated heterocycles. The highest BCUT2D eigenvalue weighted by Gasteiger charge is 2.17. The fraction of sp³-hybridized carbons (Fsp3) is 0.538. The van der Waals surface area contributed by atoms with Crippen LogP contribution >= 0.6 is 11.6 Å². The zero-order valence-corrected chi connectivity index (χ0v) is 10.9. The fourth-order valence-corrected chi connectivity index (χ4v) is 2.55. The normalized spacial score (nSPS) is 20.1. The molecule has 94 valence electrons. The molecule has 2 N–H and O–H groups in total. The van der Waals surface area contributed by atoms with Crippen molar-refractivity contribution in [3.8, 4) is 0 Å². The minimum absolute atomic E-state index is 0.386. The Bertz CT molecular complexity index is 357. The second-order valence-corrected chi connectivity index (χ2v) is 5.16. The van der Waals surface area contributed by atoms with Crippen LogP contribution in [0.1, 0.15) is 18.4 Å². The Balaban J connectivity index is 1.90. The molecule has 0 radical (unpaired) electrons. The zero-order chi connectivity index (χ0) is 12.3. The first kappa shape index (κ1) is 12.7. The average molecular weight is 255 g/mol. The second kappa shape index (κ2) is 5.71. The summed E-state index contributed by atoms with van der Waals surface area (Å²) in [5.41, 5.74) is 7.64. The average Bonchev–Trinajstić information content (AvgIpc) is 2.67. The number of rotatable bonds is 4. The van der Waals surface area contributed by atoms with Gasteiger partial charge in [-0.05, 0) is 43.7 Å². The van der Waals surface area contributed by atoms with Crippen LogP contribution in [-0.2, 0) is 11.3 Å². The Labute approximate surface area is 107 Å². The van der Waals surface area contributed by atoms with Gasteiger partial charge in [-0.1, -0.05) is 11.6 Å². The first-order valence-corrected chi connectivity index (χ1v) is 6.36. The molecule has 1 aromatic rings. The summed E-state index contributed by atoms with van der Waals surface area (Å²) in [5, 5.41) is 0.700. The molecule has 2 rings (SSSR count). The van der Waals surface area contributed by atoms with Crippen molar-refractivity contribution in [1.82, 2.24) is 4.90 Å². The van der Waals surface area contributed by atoms with Gasteiger partial charge in [0.2, 0.25) is 0 Å². The molecule has 0 aromatic heterocycles. The van der Waals surface area contributed by atoms with E-state index in [0.717, 1.165) is 30.9 Å². The van der Waals surface area contributed by atoms with Crippen LogP contribution in [0.3, 0.4) is 0 Å². The van der Waals surface area contributed by atoms with Crippen molar-refractivity contribution in [2.45, 2.75) is 25.5 Å². The maximum Gasteiger partial charge on any atom is 0.0702 e. The Morgan fingerprint density at radius 2 is 2.29 bits per heavy atom. The van der Waals surface area contributed by atoms with Crippen molar-refractivity contribution >= 4 is 17.3 Å². The van der Waals surface area contributed by atoms with Crippen molar-refractivity contribution in [2.24, 2.45) is 0 Å². The van der Waals surface area contributed by atoms with E-state index in [9.17, 15) is 0 Å². The molecule has 1 unspecified atom stereocenters. The standard InChI is InChI=1S/C13H19ClN2O/c1-16(9-13-3-2-4-17-13)8-10-5-11(14)7-12(15)6-10/h5-7,13H,2-4,8-9,15H2,1H3. The smallest absolute Gasteiger partial charge is 0.0702 e. The third-order valence-electron chi connectivity index (χ3n) is 2.97. The monoisotopic (exact) mass is 254 g/mol. The maximum atomic E-state index is 5.98. The molecule has 1 aliphatic heterocycles. The molecule has 1 aromatic carbocycles. The summed E-state index contributed by atoms with van der Waals surface area (Å²) in [6.45, 7) is 2.72. The second-order valence-electron chi connectivity index (χ2n) is 4.72. The number of hydrogen-bond donors (Lipinski definition) is 1. The number of hydrogen-bond acceptors (Lipinski definition) is 3. The molecule has 0 bridgehead atoms. The largest absolute Gasteiger partial charge is 0.399 e. The summed E-state index contributed by atoms with van der Waals surface area (Å²) < 4.78 is 5.62. The van der Waals surface area contributed by atoms with Crippen LogP contribution < -0.4 is 5.73 Å². The summed E-state index contributed by atoms with van der Waals surface area (Å²) >= 11 is 5.98. The molecular weight excluding hydrogens is 236 g/mol. The first-order chi connectivity index (χ1) is 8.13. The molecule has 0 saturated carbocycles. The van der Waals surface area contributed by atoms with Crippen LogP contribution in [0.4, 0.5) is 5.69 Å². The number of nitrogens with two attached hydrogens (primary N) is 1. The lowest BCUT2D eigenvalue weighted by Crippen LogP contribution is -2.28. The van der Waals surface area contributed by atoms with Gasteiger partial charge in [0, 0.05) is 30.4 Å². The summed E-state index contributed by atoms with van der Waals surface area (Å²) in [4.78, 5) is 2.25.